The quantitative estimate of drug-likeness (QED) is 0.536. The summed E-state index contributed by atoms with van der Waals surface area (Å²) in [5.74, 6) is -3.80. The third kappa shape index (κ3) is 2.95. The van der Waals surface area contributed by atoms with Crippen LogP contribution in [-0.2, 0) is 0 Å². The molecule has 0 unspecified atom stereocenters. The number of nitro benzene ring substituents is 1. The third-order valence-electron chi connectivity index (χ3n) is 2.51. The second-order valence-electron chi connectivity index (χ2n) is 3.81. The summed E-state index contributed by atoms with van der Waals surface area (Å²) in [4.78, 5) is 25.4. The van der Waals surface area contributed by atoms with Crippen LogP contribution in [0, 0.1) is 21.7 Å². The summed E-state index contributed by atoms with van der Waals surface area (Å²) in [7, 11) is 0. The lowest BCUT2D eigenvalue weighted by atomic mass is 10.2. The second kappa shape index (κ2) is 5.80. The first kappa shape index (κ1) is 14.8. The first-order chi connectivity index (χ1) is 9.91. The topological polar surface area (TPSA) is 85.1 Å². The van der Waals surface area contributed by atoms with Crippen LogP contribution in [0.5, 0.6) is 0 Å². The molecule has 9 heteroatoms. The Morgan fingerprint density at radius 3 is 2.67 bits per heavy atom. The first-order valence-electron chi connectivity index (χ1n) is 5.46. The maximum Gasteiger partial charge on any atom is 0.296 e. The minimum atomic E-state index is -1.53. The summed E-state index contributed by atoms with van der Waals surface area (Å²) < 4.78 is 26.8. The lowest BCUT2D eigenvalue weighted by Gasteiger charge is -2.08. The van der Waals surface area contributed by atoms with Gasteiger partial charge >= 0.3 is 0 Å². The molecule has 0 atom stereocenters. The Kier molecular flexibility index (Phi) is 4.08. The van der Waals surface area contributed by atoms with Gasteiger partial charge in [-0.15, -0.1) is 0 Å². The Morgan fingerprint density at radius 1 is 1.33 bits per heavy atom. The number of rotatable bonds is 3. The number of aromatic nitrogens is 1. The van der Waals surface area contributed by atoms with Gasteiger partial charge in [-0.3, -0.25) is 14.9 Å². The highest BCUT2D eigenvalue weighted by Crippen LogP contribution is 2.29. The molecule has 0 bridgehead atoms. The lowest BCUT2D eigenvalue weighted by molar-refractivity contribution is -0.384. The molecule has 1 aromatic carbocycles. The van der Waals surface area contributed by atoms with Gasteiger partial charge in [0.05, 0.1) is 10.5 Å². The van der Waals surface area contributed by atoms with E-state index in [0.717, 1.165) is 6.07 Å². The first-order valence-corrected chi connectivity index (χ1v) is 5.84. The fourth-order valence-corrected chi connectivity index (χ4v) is 1.75. The molecular formula is C12H6ClF2N3O3. The number of carbonyl (C=O) groups is 1. The summed E-state index contributed by atoms with van der Waals surface area (Å²) in [6, 6.07) is 4.03. The van der Waals surface area contributed by atoms with Crippen molar-refractivity contribution in [1.82, 2.24) is 4.98 Å². The average Bonchev–Trinajstić information content (AvgIpc) is 2.44. The van der Waals surface area contributed by atoms with Gasteiger partial charge in [0, 0.05) is 12.3 Å². The lowest BCUT2D eigenvalue weighted by Crippen LogP contribution is -2.15. The van der Waals surface area contributed by atoms with Crippen molar-refractivity contribution >= 4 is 28.9 Å². The highest BCUT2D eigenvalue weighted by molar-refractivity contribution is 6.33. The zero-order valence-electron chi connectivity index (χ0n) is 10.1. The molecule has 21 heavy (non-hydrogen) atoms. The number of hydrogen-bond acceptors (Lipinski definition) is 4. The van der Waals surface area contributed by atoms with Crippen LogP contribution < -0.4 is 5.32 Å². The van der Waals surface area contributed by atoms with E-state index in [-0.39, 0.29) is 10.7 Å². The van der Waals surface area contributed by atoms with E-state index >= 15 is 0 Å². The molecule has 1 N–H and O–H groups in total. The van der Waals surface area contributed by atoms with Crippen molar-refractivity contribution in [3.05, 3.63) is 62.9 Å². The zero-order valence-corrected chi connectivity index (χ0v) is 10.9. The van der Waals surface area contributed by atoms with Gasteiger partial charge in [0.2, 0.25) is 0 Å². The van der Waals surface area contributed by atoms with Gasteiger partial charge in [-0.25, -0.2) is 13.8 Å². The molecule has 6 nitrogen and oxygen atoms in total. The van der Waals surface area contributed by atoms with E-state index in [0.29, 0.717) is 6.07 Å². The average molecular weight is 314 g/mol. The Bertz CT molecular complexity index is 740. The molecule has 0 saturated carbocycles. The number of nitro groups is 1. The van der Waals surface area contributed by atoms with Gasteiger partial charge in [-0.05, 0) is 18.2 Å². The number of nitrogens with one attached hydrogen (secondary N) is 1. The molecule has 0 saturated heterocycles. The predicted molar refractivity (Wildman–Crippen MR) is 70.2 cm³/mol. The van der Waals surface area contributed by atoms with Crippen LogP contribution >= 0.6 is 11.6 Å². The molecule has 0 aliphatic carbocycles. The Labute approximate surface area is 121 Å². The van der Waals surface area contributed by atoms with Crippen LogP contribution in [0.15, 0.2) is 30.5 Å². The summed E-state index contributed by atoms with van der Waals surface area (Å²) in [5.41, 5.74) is -1.77. The number of nitrogens with zero attached hydrogens (tertiary/aromatic N) is 2. The Hall–Kier alpha value is -2.61. The Morgan fingerprint density at radius 2 is 2.05 bits per heavy atom. The standard InChI is InChI=1S/C12H6ClF2N3O3/c13-11-6(2-1-5-16-11)12(19)17-10-8(18(20)21)4-3-7(14)9(10)15/h1-5H,(H,17,19). The van der Waals surface area contributed by atoms with E-state index < -0.39 is 33.8 Å². The second-order valence-corrected chi connectivity index (χ2v) is 4.17. The van der Waals surface area contributed by atoms with Crippen LogP contribution in [0.4, 0.5) is 20.2 Å². The number of pyridine rings is 1. The van der Waals surface area contributed by atoms with Gasteiger partial charge in [-0.1, -0.05) is 11.6 Å². The third-order valence-corrected chi connectivity index (χ3v) is 2.81. The van der Waals surface area contributed by atoms with E-state index in [2.05, 4.69) is 4.98 Å². The van der Waals surface area contributed by atoms with Crippen LogP contribution in [0.2, 0.25) is 5.15 Å². The summed E-state index contributed by atoms with van der Waals surface area (Å²) in [6.45, 7) is 0. The van der Waals surface area contributed by atoms with Crippen LogP contribution in [0.3, 0.4) is 0 Å². The van der Waals surface area contributed by atoms with Crippen molar-refractivity contribution in [3.8, 4) is 0 Å². The van der Waals surface area contributed by atoms with Gasteiger partial charge in [0.25, 0.3) is 11.6 Å². The maximum atomic E-state index is 13.7. The molecule has 0 radical (unpaired) electrons. The fraction of sp³-hybridized carbons (Fsp3) is 0. The number of anilines is 1. The van der Waals surface area contributed by atoms with Crippen LogP contribution in [0.1, 0.15) is 10.4 Å². The molecule has 0 fully saturated rings. The molecule has 2 rings (SSSR count). The molecule has 108 valence electrons. The predicted octanol–water partition coefficient (Wildman–Crippen LogP) is 3.17. The summed E-state index contributed by atoms with van der Waals surface area (Å²) in [5, 5.41) is 12.6. The van der Waals surface area contributed by atoms with E-state index in [1.807, 2.05) is 5.32 Å². The number of halogens is 3. The van der Waals surface area contributed by atoms with Crippen LogP contribution in [0.25, 0.3) is 0 Å². The zero-order chi connectivity index (χ0) is 15.6. The monoisotopic (exact) mass is 313 g/mol. The number of hydrogen-bond donors (Lipinski definition) is 1. The minimum Gasteiger partial charge on any atom is -0.314 e. The highest BCUT2D eigenvalue weighted by Gasteiger charge is 2.24. The molecule has 0 aliphatic rings. The van der Waals surface area contributed by atoms with Crippen molar-refractivity contribution in [1.29, 1.82) is 0 Å². The summed E-state index contributed by atoms with van der Waals surface area (Å²) >= 11 is 5.69. The van der Waals surface area contributed by atoms with Gasteiger partial charge in [0.15, 0.2) is 17.3 Å². The maximum absolute atomic E-state index is 13.7. The van der Waals surface area contributed by atoms with Crippen LogP contribution in [-0.4, -0.2) is 15.8 Å². The van der Waals surface area contributed by atoms with Crippen molar-refractivity contribution < 1.29 is 18.5 Å². The van der Waals surface area contributed by atoms with Crippen molar-refractivity contribution in [3.63, 3.8) is 0 Å². The molecule has 0 spiro atoms. The van der Waals surface area contributed by atoms with Gasteiger partial charge in [-0.2, -0.15) is 0 Å². The normalized spacial score (nSPS) is 10.2. The molecule has 0 aliphatic heterocycles. The smallest absolute Gasteiger partial charge is 0.296 e. The van der Waals surface area contributed by atoms with E-state index in [1.54, 1.807) is 0 Å². The number of amides is 1. The summed E-state index contributed by atoms with van der Waals surface area (Å²) in [6.07, 6.45) is 1.32. The SMILES string of the molecule is O=C(Nc1c([N+](=O)[O-])ccc(F)c1F)c1cccnc1Cl. The molecule has 1 aromatic heterocycles. The minimum absolute atomic E-state index is 0.128. The number of carbonyl (C=O) groups excluding carboxylic acids is 1. The van der Waals surface area contributed by atoms with Crippen molar-refractivity contribution in [2.75, 3.05) is 5.32 Å². The van der Waals surface area contributed by atoms with E-state index in [4.69, 9.17) is 11.6 Å². The molecule has 1 heterocycles. The number of benzene rings is 1. The molecule has 2 aromatic rings. The van der Waals surface area contributed by atoms with Gasteiger partial charge < -0.3 is 5.32 Å². The van der Waals surface area contributed by atoms with E-state index in [1.165, 1.54) is 18.3 Å². The van der Waals surface area contributed by atoms with Gasteiger partial charge in [0.1, 0.15) is 5.15 Å². The highest BCUT2D eigenvalue weighted by atomic mass is 35.5. The Balaban J connectivity index is 2.44. The fourth-order valence-electron chi connectivity index (χ4n) is 1.55. The molecule has 1 amide bonds. The van der Waals surface area contributed by atoms with Crippen molar-refractivity contribution in [2.24, 2.45) is 0 Å². The largest absolute Gasteiger partial charge is 0.314 e. The van der Waals surface area contributed by atoms with E-state index in [9.17, 15) is 23.7 Å². The molecular weight excluding hydrogens is 308 g/mol. The van der Waals surface area contributed by atoms with Crippen molar-refractivity contribution in [2.45, 2.75) is 0 Å².